The maximum atomic E-state index is 12.3. The molecule has 0 N–H and O–H groups in total. The van der Waals surface area contributed by atoms with Gasteiger partial charge in [0.05, 0.1) is 6.04 Å². The zero-order valence-electron chi connectivity index (χ0n) is 11.5. The van der Waals surface area contributed by atoms with Gasteiger partial charge >= 0.3 is 0 Å². The van der Waals surface area contributed by atoms with Gasteiger partial charge < -0.3 is 4.90 Å². The molecular weight excluding hydrogens is 292 g/mol. The summed E-state index contributed by atoms with van der Waals surface area (Å²) in [6.45, 7) is 3.80. The van der Waals surface area contributed by atoms with Crippen molar-refractivity contribution in [1.29, 1.82) is 0 Å². The highest BCUT2D eigenvalue weighted by Crippen LogP contribution is 2.13. The van der Waals surface area contributed by atoms with E-state index < -0.39 is 0 Å². The average molecular weight is 313 g/mol. The minimum Gasteiger partial charge on any atom is -0.308 e. The summed E-state index contributed by atoms with van der Waals surface area (Å²) in [6.07, 6.45) is 0. The average Bonchev–Trinajstić information content (AvgIpc) is 2.35. The molecule has 0 fully saturated rings. The Bertz CT molecular complexity index is 389. The predicted molar refractivity (Wildman–Crippen MR) is 79.1 cm³/mol. The van der Waals surface area contributed by atoms with E-state index in [2.05, 4.69) is 25.7 Å². The Morgan fingerprint density at radius 3 is 2.22 bits per heavy atom. The highest BCUT2D eigenvalue weighted by Gasteiger charge is 2.19. The minimum atomic E-state index is -0.0916. The van der Waals surface area contributed by atoms with Crippen molar-refractivity contribution in [3.8, 4) is 0 Å². The van der Waals surface area contributed by atoms with Gasteiger partial charge in [-0.05, 0) is 40.2 Å². The Morgan fingerprint density at radius 1 is 1.17 bits per heavy atom. The van der Waals surface area contributed by atoms with Crippen LogP contribution in [-0.2, 0) is 0 Å². The van der Waals surface area contributed by atoms with E-state index in [-0.39, 0.29) is 11.8 Å². The largest absolute Gasteiger partial charge is 0.308 e. The van der Waals surface area contributed by atoms with Crippen molar-refractivity contribution >= 4 is 21.7 Å². The predicted octanol–water partition coefficient (Wildman–Crippen LogP) is 2.51. The standard InChI is InChI=1S/C14H21BrN2O/c1-11(17(4)10-9-16(2)3)14(18)12-5-7-13(15)8-6-12/h5-8,11H,9-10H2,1-4H3. The molecule has 4 heteroatoms. The fraction of sp³-hybridized carbons (Fsp3) is 0.500. The highest BCUT2D eigenvalue weighted by atomic mass is 79.9. The first-order valence-corrected chi connectivity index (χ1v) is 6.86. The molecule has 0 saturated heterocycles. The quantitative estimate of drug-likeness (QED) is 0.754. The Balaban J connectivity index is 2.62. The summed E-state index contributed by atoms with van der Waals surface area (Å²) in [5.41, 5.74) is 0.766. The molecule has 0 heterocycles. The maximum absolute atomic E-state index is 12.3. The van der Waals surface area contributed by atoms with E-state index in [4.69, 9.17) is 0 Å². The van der Waals surface area contributed by atoms with Gasteiger partial charge in [0.2, 0.25) is 0 Å². The van der Waals surface area contributed by atoms with Crippen molar-refractivity contribution in [3.05, 3.63) is 34.3 Å². The number of nitrogens with zero attached hydrogens (tertiary/aromatic N) is 2. The molecule has 0 radical (unpaired) electrons. The lowest BCUT2D eigenvalue weighted by molar-refractivity contribution is 0.0862. The van der Waals surface area contributed by atoms with Crippen LogP contribution in [0.15, 0.2) is 28.7 Å². The van der Waals surface area contributed by atoms with Gasteiger partial charge in [0.25, 0.3) is 0 Å². The maximum Gasteiger partial charge on any atom is 0.179 e. The first-order chi connectivity index (χ1) is 8.41. The summed E-state index contributed by atoms with van der Waals surface area (Å²) in [5, 5.41) is 0. The lowest BCUT2D eigenvalue weighted by Crippen LogP contribution is -2.39. The number of Topliss-reactive ketones (excluding diaryl/α,β-unsaturated/α-hetero) is 1. The van der Waals surface area contributed by atoms with Crippen LogP contribution in [-0.4, -0.2) is 55.9 Å². The van der Waals surface area contributed by atoms with E-state index in [1.165, 1.54) is 0 Å². The molecule has 0 aliphatic rings. The van der Waals surface area contributed by atoms with Crippen molar-refractivity contribution < 1.29 is 4.79 Å². The minimum absolute atomic E-state index is 0.0916. The molecule has 0 aliphatic carbocycles. The third kappa shape index (κ3) is 4.52. The van der Waals surface area contributed by atoms with E-state index in [0.29, 0.717) is 0 Å². The van der Waals surface area contributed by atoms with E-state index in [9.17, 15) is 4.79 Å². The lowest BCUT2D eigenvalue weighted by atomic mass is 10.0. The van der Waals surface area contributed by atoms with Crippen LogP contribution in [0.3, 0.4) is 0 Å². The van der Waals surface area contributed by atoms with Crippen LogP contribution in [0.5, 0.6) is 0 Å². The number of hydrogen-bond acceptors (Lipinski definition) is 3. The van der Waals surface area contributed by atoms with Crippen molar-refractivity contribution in [2.24, 2.45) is 0 Å². The molecule has 0 bridgehead atoms. The van der Waals surface area contributed by atoms with Crippen molar-refractivity contribution in [2.75, 3.05) is 34.2 Å². The Labute approximate surface area is 118 Å². The fourth-order valence-corrected chi connectivity index (χ4v) is 1.87. The number of carbonyl (C=O) groups excluding carboxylic acids is 1. The molecule has 0 aliphatic heterocycles. The van der Waals surface area contributed by atoms with Gasteiger partial charge in [-0.1, -0.05) is 28.1 Å². The molecule has 0 saturated carbocycles. The van der Waals surface area contributed by atoms with Gasteiger partial charge in [-0.25, -0.2) is 0 Å². The topological polar surface area (TPSA) is 23.6 Å². The van der Waals surface area contributed by atoms with Crippen molar-refractivity contribution in [2.45, 2.75) is 13.0 Å². The highest BCUT2D eigenvalue weighted by molar-refractivity contribution is 9.10. The van der Waals surface area contributed by atoms with Crippen molar-refractivity contribution in [3.63, 3.8) is 0 Å². The Hall–Kier alpha value is -0.710. The third-order valence-corrected chi connectivity index (χ3v) is 3.60. The van der Waals surface area contributed by atoms with Crippen LogP contribution in [0.4, 0.5) is 0 Å². The second-order valence-corrected chi connectivity index (χ2v) is 5.75. The number of ketones is 1. The fourth-order valence-electron chi connectivity index (χ4n) is 1.61. The summed E-state index contributed by atoms with van der Waals surface area (Å²) in [4.78, 5) is 16.5. The normalized spacial score (nSPS) is 13.1. The van der Waals surface area contributed by atoms with Crippen molar-refractivity contribution in [1.82, 2.24) is 9.80 Å². The zero-order valence-corrected chi connectivity index (χ0v) is 13.1. The summed E-state index contributed by atoms with van der Waals surface area (Å²) >= 11 is 3.37. The number of carbonyl (C=O) groups is 1. The number of hydrogen-bond donors (Lipinski definition) is 0. The molecule has 1 atom stereocenters. The Morgan fingerprint density at radius 2 is 1.72 bits per heavy atom. The summed E-state index contributed by atoms with van der Waals surface area (Å²) in [6, 6.07) is 7.44. The summed E-state index contributed by atoms with van der Waals surface area (Å²) in [5.74, 6) is 0.170. The molecule has 1 unspecified atom stereocenters. The van der Waals surface area contributed by atoms with Crippen LogP contribution in [0.25, 0.3) is 0 Å². The smallest absolute Gasteiger partial charge is 0.179 e. The van der Waals surface area contributed by atoms with Gasteiger partial charge in [-0.15, -0.1) is 0 Å². The summed E-state index contributed by atoms with van der Waals surface area (Å²) in [7, 11) is 6.06. The second kappa shape index (κ2) is 7.02. The van der Waals surface area contributed by atoms with E-state index in [1.807, 2.05) is 52.3 Å². The van der Waals surface area contributed by atoms with Crippen LogP contribution in [0, 0.1) is 0 Å². The number of rotatable bonds is 6. The molecule has 18 heavy (non-hydrogen) atoms. The van der Waals surface area contributed by atoms with E-state index in [1.54, 1.807) is 0 Å². The first-order valence-electron chi connectivity index (χ1n) is 6.06. The van der Waals surface area contributed by atoms with Gasteiger partial charge in [0.15, 0.2) is 5.78 Å². The first kappa shape index (κ1) is 15.3. The van der Waals surface area contributed by atoms with Crippen LogP contribution >= 0.6 is 15.9 Å². The molecular formula is C14H21BrN2O. The number of benzene rings is 1. The molecule has 0 aromatic heterocycles. The second-order valence-electron chi connectivity index (χ2n) is 4.83. The molecule has 1 aromatic carbocycles. The SMILES string of the molecule is CC(C(=O)c1ccc(Br)cc1)N(C)CCN(C)C. The van der Waals surface area contributed by atoms with Gasteiger partial charge in [0.1, 0.15) is 0 Å². The molecule has 0 spiro atoms. The number of halogens is 1. The van der Waals surface area contributed by atoms with Gasteiger partial charge in [0, 0.05) is 23.1 Å². The third-order valence-electron chi connectivity index (χ3n) is 3.07. The molecule has 3 nitrogen and oxygen atoms in total. The Kier molecular flexibility index (Phi) is 5.99. The number of likely N-dealkylation sites (N-methyl/N-ethyl adjacent to an activating group) is 2. The van der Waals surface area contributed by atoms with Gasteiger partial charge in [-0.3, -0.25) is 9.69 Å². The van der Waals surface area contributed by atoms with Crippen LogP contribution in [0.1, 0.15) is 17.3 Å². The van der Waals surface area contributed by atoms with Gasteiger partial charge in [-0.2, -0.15) is 0 Å². The lowest BCUT2D eigenvalue weighted by Gasteiger charge is -2.25. The molecule has 1 rings (SSSR count). The molecule has 0 amide bonds. The van der Waals surface area contributed by atoms with Crippen LogP contribution in [0.2, 0.25) is 0 Å². The summed E-state index contributed by atoms with van der Waals surface area (Å²) < 4.78 is 0.993. The molecule has 100 valence electrons. The van der Waals surface area contributed by atoms with E-state index >= 15 is 0 Å². The van der Waals surface area contributed by atoms with Crippen LogP contribution < -0.4 is 0 Å². The van der Waals surface area contributed by atoms with E-state index in [0.717, 1.165) is 23.1 Å². The zero-order chi connectivity index (χ0) is 13.7. The monoisotopic (exact) mass is 312 g/mol. The molecule has 1 aromatic rings.